The van der Waals surface area contributed by atoms with Crippen molar-refractivity contribution in [3.8, 4) is 0 Å². The summed E-state index contributed by atoms with van der Waals surface area (Å²) in [5.74, 6) is 0.423. The molecule has 1 aromatic rings. The maximum atomic E-state index is 12.0. The monoisotopic (exact) mass is 302 g/mol. The molecule has 106 valence electrons. The van der Waals surface area contributed by atoms with Crippen LogP contribution in [-0.4, -0.2) is 24.5 Å². The van der Waals surface area contributed by atoms with Gasteiger partial charge in [-0.25, -0.2) is 4.79 Å². The fourth-order valence-electron chi connectivity index (χ4n) is 1.64. The zero-order valence-corrected chi connectivity index (χ0v) is 13.2. The first-order valence-corrected chi connectivity index (χ1v) is 7.04. The van der Waals surface area contributed by atoms with Gasteiger partial charge in [0.05, 0.1) is 6.04 Å². The number of hydrogen-bond donors (Lipinski definition) is 1. The van der Waals surface area contributed by atoms with E-state index in [1.807, 2.05) is 13.0 Å². The van der Waals surface area contributed by atoms with Crippen molar-refractivity contribution in [3.63, 3.8) is 0 Å². The molecule has 19 heavy (non-hydrogen) atoms. The first-order chi connectivity index (χ1) is 8.82. The predicted octanol–water partition coefficient (Wildman–Crippen LogP) is 4.35. The molecule has 0 fully saturated rings. The van der Waals surface area contributed by atoms with Crippen LogP contribution in [0.5, 0.6) is 0 Å². The van der Waals surface area contributed by atoms with Crippen LogP contribution in [0.4, 0.5) is 4.79 Å². The van der Waals surface area contributed by atoms with Crippen molar-refractivity contribution in [2.24, 2.45) is 5.92 Å². The SMILES string of the molecule is CC(C)CNC(=O)N(C)[C@@H](C)c1ccc(Cl)cc1Cl. The molecule has 0 heterocycles. The van der Waals surface area contributed by atoms with Gasteiger partial charge in [0.25, 0.3) is 0 Å². The molecule has 0 radical (unpaired) electrons. The molecule has 0 aliphatic rings. The third-order valence-corrected chi connectivity index (χ3v) is 3.54. The highest BCUT2D eigenvalue weighted by Gasteiger charge is 2.19. The van der Waals surface area contributed by atoms with Crippen LogP contribution < -0.4 is 5.32 Å². The van der Waals surface area contributed by atoms with Gasteiger partial charge in [0.1, 0.15) is 0 Å². The van der Waals surface area contributed by atoms with Gasteiger partial charge in [-0.15, -0.1) is 0 Å². The molecule has 0 saturated heterocycles. The minimum absolute atomic E-state index is 0.104. The van der Waals surface area contributed by atoms with Crippen LogP contribution in [0.3, 0.4) is 0 Å². The van der Waals surface area contributed by atoms with E-state index < -0.39 is 0 Å². The third kappa shape index (κ3) is 4.59. The third-order valence-electron chi connectivity index (χ3n) is 2.98. The molecule has 1 atom stereocenters. The molecule has 1 aromatic carbocycles. The Bertz CT molecular complexity index is 449. The molecule has 5 heteroatoms. The van der Waals surface area contributed by atoms with Gasteiger partial charge in [-0.05, 0) is 30.5 Å². The van der Waals surface area contributed by atoms with Gasteiger partial charge in [-0.1, -0.05) is 43.1 Å². The molecule has 0 spiro atoms. The highest BCUT2D eigenvalue weighted by Crippen LogP contribution is 2.28. The van der Waals surface area contributed by atoms with Crippen LogP contribution in [0.1, 0.15) is 32.4 Å². The lowest BCUT2D eigenvalue weighted by Gasteiger charge is -2.26. The average Bonchev–Trinajstić information content (AvgIpc) is 2.34. The van der Waals surface area contributed by atoms with Crippen molar-refractivity contribution in [1.82, 2.24) is 10.2 Å². The zero-order valence-electron chi connectivity index (χ0n) is 11.7. The van der Waals surface area contributed by atoms with E-state index in [0.717, 1.165) is 5.56 Å². The second kappa shape index (κ2) is 7.01. The van der Waals surface area contributed by atoms with Crippen LogP contribution in [0.2, 0.25) is 10.0 Å². The summed E-state index contributed by atoms with van der Waals surface area (Å²) in [7, 11) is 1.76. The van der Waals surface area contributed by atoms with Gasteiger partial charge >= 0.3 is 6.03 Å². The van der Waals surface area contributed by atoms with E-state index in [0.29, 0.717) is 22.5 Å². The van der Waals surface area contributed by atoms with E-state index in [1.165, 1.54) is 0 Å². The quantitative estimate of drug-likeness (QED) is 0.881. The lowest BCUT2D eigenvalue weighted by molar-refractivity contribution is 0.193. The molecule has 1 rings (SSSR count). The summed E-state index contributed by atoms with van der Waals surface area (Å²) in [6, 6.07) is 5.10. The second-order valence-electron chi connectivity index (χ2n) is 5.03. The van der Waals surface area contributed by atoms with Crippen LogP contribution in [0, 0.1) is 5.92 Å². The minimum Gasteiger partial charge on any atom is -0.338 e. The van der Waals surface area contributed by atoms with E-state index in [2.05, 4.69) is 19.2 Å². The molecule has 0 aliphatic heterocycles. The number of hydrogen-bond acceptors (Lipinski definition) is 1. The van der Waals surface area contributed by atoms with E-state index in [1.54, 1.807) is 24.1 Å². The van der Waals surface area contributed by atoms with E-state index in [4.69, 9.17) is 23.2 Å². The molecular formula is C14H20Cl2N2O. The summed E-state index contributed by atoms with van der Waals surface area (Å²) in [6.07, 6.45) is 0. The number of nitrogens with zero attached hydrogens (tertiary/aromatic N) is 1. The molecule has 0 bridgehead atoms. The van der Waals surface area contributed by atoms with Crippen molar-refractivity contribution in [1.29, 1.82) is 0 Å². The Balaban J connectivity index is 2.75. The van der Waals surface area contributed by atoms with Gasteiger partial charge in [0.2, 0.25) is 0 Å². The summed E-state index contributed by atoms with van der Waals surface area (Å²) >= 11 is 12.0. The van der Waals surface area contributed by atoms with E-state index in [-0.39, 0.29) is 12.1 Å². The number of carbonyl (C=O) groups excluding carboxylic acids is 1. The highest BCUT2D eigenvalue weighted by atomic mass is 35.5. The number of amides is 2. The molecule has 3 nitrogen and oxygen atoms in total. The average molecular weight is 303 g/mol. The predicted molar refractivity (Wildman–Crippen MR) is 80.9 cm³/mol. The van der Waals surface area contributed by atoms with Crippen molar-refractivity contribution in [3.05, 3.63) is 33.8 Å². The molecule has 0 saturated carbocycles. The Morgan fingerprint density at radius 3 is 2.47 bits per heavy atom. The summed E-state index contributed by atoms with van der Waals surface area (Å²) < 4.78 is 0. The van der Waals surface area contributed by atoms with Crippen molar-refractivity contribution >= 4 is 29.2 Å². The summed E-state index contributed by atoms with van der Waals surface area (Å²) in [5, 5.41) is 4.04. The number of urea groups is 1. The molecule has 0 unspecified atom stereocenters. The first-order valence-electron chi connectivity index (χ1n) is 6.28. The van der Waals surface area contributed by atoms with Crippen LogP contribution >= 0.6 is 23.2 Å². The lowest BCUT2D eigenvalue weighted by Crippen LogP contribution is -2.40. The van der Waals surface area contributed by atoms with Gasteiger partial charge < -0.3 is 10.2 Å². The maximum absolute atomic E-state index is 12.0. The minimum atomic E-state index is -0.114. The van der Waals surface area contributed by atoms with Gasteiger partial charge in [0, 0.05) is 23.6 Å². The Kier molecular flexibility index (Phi) is 5.95. The van der Waals surface area contributed by atoms with Gasteiger partial charge in [0.15, 0.2) is 0 Å². The van der Waals surface area contributed by atoms with E-state index in [9.17, 15) is 4.79 Å². The fraction of sp³-hybridized carbons (Fsp3) is 0.500. The number of benzene rings is 1. The Morgan fingerprint density at radius 1 is 1.32 bits per heavy atom. The van der Waals surface area contributed by atoms with Crippen molar-refractivity contribution in [2.75, 3.05) is 13.6 Å². The number of rotatable bonds is 4. The second-order valence-corrected chi connectivity index (χ2v) is 5.88. The largest absolute Gasteiger partial charge is 0.338 e. The van der Waals surface area contributed by atoms with E-state index >= 15 is 0 Å². The van der Waals surface area contributed by atoms with Gasteiger partial charge in [-0.3, -0.25) is 0 Å². The standard InChI is InChI=1S/C14H20Cl2N2O/c1-9(2)8-17-14(19)18(4)10(3)12-6-5-11(15)7-13(12)16/h5-7,9-10H,8H2,1-4H3,(H,17,19)/t10-/m0/s1. The molecule has 0 aromatic heterocycles. The van der Waals surface area contributed by atoms with Crippen LogP contribution in [0.25, 0.3) is 0 Å². The normalized spacial score (nSPS) is 12.4. The lowest BCUT2D eigenvalue weighted by atomic mass is 10.1. The topological polar surface area (TPSA) is 32.3 Å². The molecule has 0 aliphatic carbocycles. The Labute approximate surface area is 124 Å². The molecule has 1 N–H and O–H groups in total. The zero-order chi connectivity index (χ0) is 14.6. The maximum Gasteiger partial charge on any atom is 0.317 e. The molecule has 2 amide bonds. The Hall–Kier alpha value is -0.930. The van der Waals surface area contributed by atoms with Crippen LogP contribution in [0.15, 0.2) is 18.2 Å². The first kappa shape index (κ1) is 16.1. The highest BCUT2D eigenvalue weighted by molar-refractivity contribution is 6.35. The summed E-state index contributed by atoms with van der Waals surface area (Å²) in [5.41, 5.74) is 0.883. The Morgan fingerprint density at radius 2 is 1.95 bits per heavy atom. The van der Waals surface area contributed by atoms with Crippen LogP contribution in [-0.2, 0) is 0 Å². The fourth-order valence-corrected chi connectivity index (χ4v) is 2.21. The molecular weight excluding hydrogens is 283 g/mol. The summed E-state index contributed by atoms with van der Waals surface area (Å²) in [6.45, 7) is 6.70. The number of halogens is 2. The smallest absolute Gasteiger partial charge is 0.317 e. The number of nitrogens with one attached hydrogen (secondary N) is 1. The van der Waals surface area contributed by atoms with Gasteiger partial charge in [-0.2, -0.15) is 0 Å². The van der Waals surface area contributed by atoms with Crippen molar-refractivity contribution < 1.29 is 4.79 Å². The summed E-state index contributed by atoms with van der Waals surface area (Å²) in [4.78, 5) is 13.6. The van der Waals surface area contributed by atoms with Crippen molar-refractivity contribution in [2.45, 2.75) is 26.8 Å². The number of carbonyl (C=O) groups is 1.